The summed E-state index contributed by atoms with van der Waals surface area (Å²) in [5.41, 5.74) is 6.13. The van der Waals surface area contributed by atoms with Gasteiger partial charge in [-0.1, -0.05) is 18.6 Å². The Bertz CT molecular complexity index is 474. The van der Waals surface area contributed by atoms with E-state index >= 15 is 0 Å². The Morgan fingerprint density at radius 1 is 1.45 bits per heavy atom. The molecule has 0 radical (unpaired) electrons. The molecule has 0 amide bonds. The average Bonchev–Trinajstić information content (AvgIpc) is 2.35. The van der Waals surface area contributed by atoms with Crippen molar-refractivity contribution in [1.82, 2.24) is 4.90 Å². The van der Waals surface area contributed by atoms with E-state index in [9.17, 15) is 4.39 Å². The third kappa shape index (κ3) is 3.35. The first-order valence-corrected chi connectivity index (χ1v) is 7.10. The molecular formula is C15H22FN3O. The van der Waals surface area contributed by atoms with Crippen molar-refractivity contribution in [2.75, 3.05) is 13.2 Å². The molecule has 1 fully saturated rings. The Morgan fingerprint density at radius 3 is 2.75 bits per heavy atom. The number of halogens is 1. The molecule has 1 aromatic rings. The minimum Gasteiger partial charge on any atom is -0.396 e. The van der Waals surface area contributed by atoms with Crippen molar-refractivity contribution >= 4 is 5.84 Å². The molecule has 5 heteroatoms. The highest BCUT2D eigenvalue weighted by Crippen LogP contribution is 2.27. The van der Waals surface area contributed by atoms with Gasteiger partial charge in [-0.3, -0.25) is 10.3 Å². The SMILES string of the molecule is N=C(N)c1cccc(CN(CCCO)C2CCC2)c1F. The van der Waals surface area contributed by atoms with E-state index in [1.807, 2.05) is 0 Å². The first kappa shape index (κ1) is 14.9. The molecule has 1 aromatic carbocycles. The van der Waals surface area contributed by atoms with Gasteiger partial charge in [0.2, 0.25) is 0 Å². The number of nitrogen functional groups attached to an aromatic ring is 1. The lowest BCUT2D eigenvalue weighted by molar-refractivity contribution is 0.108. The van der Waals surface area contributed by atoms with Crippen LogP contribution in [0.25, 0.3) is 0 Å². The molecule has 4 nitrogen and oxygen atoms in total. The van der Waals surface area contributed by atoms with E-state index < -0.39 is 5.82 Å². The number of aliphatic hydroxyl groups excluding tert-OH is 1. The minimum absolute atomic E-state index is 0.152. The van der Waals surface area contributed by atoms with E-state index in [1.54, 1.807) is 12.1 Å². The monoisotopic (exact) mass is 279 g/mol. The molecule has 20 heavy (non-hydrogen) atoms. The van der Waals surface area contributed by atoms with Crippen LogP contribution in [-0.2, 0) is 6.54 Å². The third-order valence-corrected chi connectivity index (χ3v) is 3.94. The van der Waals surface area contributed by atoms with Crippen molar-refractivity contribution in [2.45, 2.75) is 38.3 Å². The highest BCUT2D eigenvalue weighted by atomic mass is 19.1. The lowest BCUT2D eigenvalue weighted by Crippen LogP contribution is -2.40. The van der Waals surface area contributed by atoms with Crippen molar-refractivity contribution in [3.8, 4) is 0 Å². The standard InChI is InChI=1S/C15H22FN3O/c16-14-11(4-1-7-13(14)15(17)18)10-19(8-3-9-20)12-5-2-6-12/h1,4,7,12,20H,2-3,5-6,8-10H2,(H3,17,18). The number of nitrogens with zero attached hydrogens (tertiary/aromatic N) is 1. The second kappa shape index (κ2) is 6.81. The summed E-state index contributed by atoms with van der Waals surface area (Å²) in [6.45, 7) is 1.43. The zero-order chi connectivity index (χ0) is 14.5. The summed E-state index contributed by atoms with van der Waals surface area (Å²) < 4.78 is 14.3. The predicted molar refractivity (Wildman–Crippen MR) is 77.2 cm³/mol. The zero-order valence-electron chi connectivity index (χ0n) is 11.6. The molecule has 2 rings (SSSR count). The summed E-state index contributed by atoms with van der Waals surface area (Å²) in [5, 5.41) is 16.4. The molecule has 1 aliphatic rings. The van der Waals surface area contributed by atoms with Crippen molar-refractivity contribution in [1.29, 1.82) is 5.41 Å². The van der Waals surface area contributed by atoms with Crippen LogP contribution in [0.4, 0.5) is 4.39 Å². The normalized spacial score (nSPS) is 15.3. The van der Waals surface area contributed by atoms with Crippen LogP contribution in [0.1, 0.15) is 36.8 Å². The smallest absolute Gasteiger partial charge is 0.138 e. The molecule has 1 saturated carbocycles. The minimum atomic E-state index is -0.395. The van der Waals surface area contributed by atoms with Gasteiger partial charge >= 0.3 is 0 Å². The van der Waals surface area contributed by atoms with Gasteiger partial charge in [-0.15, -0.1) is 0 Å². The number of rotatable bonds is 7. The van der Waals surface area contributed by atoms with Crippen molar-refractivity contribution < 1.29 is 9.50 Å². The molecule has 0 spiro atoms. The Labute approximate surface area is 118 Å². The van der Waals surface area contributed by atoms with E-state index in [-0.39, 0.29) is 18.0 Å². The van der Waals surface area contributed by atoms with Crippen LogP contribution in [0.5, 0.6) is 0 Å². The number of benzene rings is 1. The lowest BCUT2D eigenvalue weighted by Gasteiger charge is -2.37. The Kier molecular flexibility index (Phi) is 5.09. The maximum Gasteiger partial charge on any atom is 0.138 e. The van der Waals surface area contributed by atoms with Gasteiger partial charge in [0.25, 0.3) is 0 Å². The van der Waals surface area contributed by atoms with Gasteiger partial charge in [0, 0.05) is 31.3 Å². The second-order valence-corrected chi connectivity index (χ2v) is 5.32. The van der Waals surface area contributed by atoms with Crippen LogP contribution in [0, 0.1) is 11.2 Å². The first-order chi connectivity index (χ1) is 9.63. The fourth-order valence-corrected chi connectivity index (χ4v) is 2.55. The molecule has 110 valence electrons. The number of nitrogens with one attached hydrogen (secondary N) is 1. The number of hydrogen-bond acceptors (Lipinski definition) is 3. The molecule has 0 bridgehead atoms. The molecule has 4 N–H and O–H groups in total. The predicted octanol–water partition coefficient (Wildman–Crippen LogP) is 1.85. The quantitative estimate of drug-likeness (QED) is 0.527. The molecular weight excluding hydrogens is 257 g/mol. The largest absolute Gasteiger partial charge is 0.396 e. The number of aliphatic hydroxyl groups is 1. The van der Waals surface area contributed by atoms with Crippen molar-refractivity contribution in [2.24, 2.45) is 5.73 Å². The van der Waals surface area contributed by atoms with Gasteiger partial charge in [0.15, 0.2) is 0 Å². The first-order valence-electron chi connectivity index (χ1n) is 7.10. The van der Waals surface area contributed by atoms with Crippen LogP contribution in [-0.4, -0.2) is 35.0 Å². The number of amidine groups is 1. The maximum atomic E-state index is 14.3. The summed E-state index contributed by atoms with van der Waals surface area (Å²) >= 11 is 0. The molecule has 0 atom stereocenters. The number of nitrogens with two attached hydrogens (primary N) is 1. The summed E-state index contributed by atoms with van der Waals surface area (Å²) in [5.74, 6) is -0.636. The number of hydrogen-bond donors (Lipinski definition) is 3. The topological polar surface area (TPSA) is 73.3 Å². The fourth-order valence-electron chi connectivity index (χ4n) is 2.55. The second-order valence-electron chi connectivity index (χ2n) is 5.32. The lowest BCUT2D eigenvalue weighted by atomic mass is 9.91. The maximum absolute atomic E-state index is 14.3. The van der Waals surface area contributed by atoms with Gasteiger partial charge in [-0.05, 0) is 25.3 Å². The van der Waals surface area contributed by atoms with Crippen LogP contribution in [0.15, 0.2) is 18.2 Å². The summed E-state index contributed by atoms with van der Waals surface area (Å²) in [6.07, 6.45) is 4.19. The zero-order valence-corrected chi connectivity index (χ0v) is 11.6. The molecule has 0 saturated heterocycles. The van der Waals surface area contributed by atoms with Gasteiger partial charge in [0.05, 0.1) is 5.56 Å². The van der Waals surface area contributed by atoms with Gasteiger partial charge in [-0.25, -0.2) is 4.39 Å². The highest BCUT2D eigenvalue weighted by molar-refractivity contribution is 5.95. The Balaban J connectivity index is 2.13. The molecule has 0 unspecified atom stereocenters. The van der Waals surface area contributed by atoms with E-state index in [1.165, 1.54) is 12.5 Å². The van der Waals surface area contributed by atoms with E-state index in [4.69, 9.17) is 16.2 Å². The summed E-state index contributed by atoms with van der Waals surface area (Å²) in [6, 6.07) is 5.50. The Hall–Kier alpha value is -1.46. The van der Waals surface area contributed by atoms with Gasteiger partial charge in [-0.2, -0.15) is 0 Å². The third-order valence-electron chi connectivity index (χ3n) is 3.94. The Morgan fingerprint density at radius 2 is 2.20 bits per heavy atom. The van der Waals surface area contributed by atoms with Crippen LogP contribution in [0.2, 0.25) is 0 Å². The average molecular weight is 279 g/mol. The van der Waals surface area contributed by atoms with Crippen molar-refractivity contribution in [3.63, 3.8) is 0 Å². The van der Waals surface area contributed by atoms with E-state index in [0.29, 0.717) is 24.6 Å². The molecule has 0 aromatic heterocycles. The van der Waals surface area contributed by atoms with Gasteiger partial charge in [0.1, 0.15) is 11.7 Å². The van der Waals surface area contributed by atoms with E-state index in [2.05, 4.69) is 4.90 Å². The van der Waals surface area contributed by atoms with E-state index in [0.717, 1.165) is 19.4 Å². The van der Waals surface area contributed by atoms with Crippen LogP contribution < -0.4 is 5.73 Å². The highest BCUT2D eigenvalue weighted by Gasteiger charge is 2.25. The van der Waals surface area contributed by atoms with Crippen LogP contribution in [0.3, 0.4) is 0 Å². The fraction of sp³-hybridized carbons (Fsp3) is 0.533. The van der Waals surface area contributed by atoms with Crippen molar-refractivity contribution in [3.05, 3.63) is 35.1 Å². The van der Waals surface area contributed by atoms with Gasteiger partial charge < -0.3 is 10.8 Å². The van der Waals surface area contributed by atoms with Crippen LogP contribution >= 0.6 is 0 Å². The molecule has 1 aliphatic carbocycles. The summed E-state index contributed by atoms with van der Waals surface area (Å²) in [4.78, 5) is 2.22. The summed E-state index contributed by atoms with van der Waals surface area (Å²) in [7, 11) is 0. The molecule has 0 heterocycles. The molecule has 0 aliphatic heterocycles.